The molecule has 1 unspecified atom stereocenters. The smallest absolute Gasteiger partial charge is 0.225 e. The van der Waals surface area contributed by atoms with E-state index >= 15 is 0 Å². The average molecular weight is 369 g/mol. The molecule has 3 nitrogen and oxygen atoms in total. The summed E-state index contributed by atoms with van der Waals surface area (Å²) in [5.41, 5.74) is 4.35. The van der Waals surface area contributed by atoms with Crippen LogP contribution in [0.25, 0.3) is 0 Å². The van der Waals surface area contributed by atoms with Crippen LogP contribution in [0.1, 0.15) is 52.2 Å². The van der Waals surface area contributed by atoms with Gasteiger partial charge < -0.3 is 5.32 Å². The lowest BCUT2D eigenvalue weighted by molar-refractivity contribution is -0.116. The highest BCUT2D eigenvalue weighted by molar-refractivity contribution is 6.13. The Morgan fingerprint density at radius 3 is 2.43 bits per heavy atom. The summed E-state index contributed by atoms with van der Waals surface area (Å²) < 4.78 is 0. The molecule has 1 aliphatic rings. The number of anilines is 1. The summed E-state index contributed by atoms with van der Waals surface area (Å²) in [5.74, 6) is 0.108. The number of ketones is 1. The fourth-order valence-electron chi connectivity index (χ4n) is 4.03. The maximum absolute atomic E-state index is 12.9. The number of carbonyl (C=O) groups excluding carboxylic acids is 2. The van der Waals surface area contributed by atoms with Gasteiger partial charge in [-0.15, -0.1) is 0 Å². The molecule has 0 spiro atoms. The summed E-state index contributed by atoms with van der Waals surface area (Å²) in [6.07, 6.45) is 3.65. The van der Waals surface area contributed by atoms with E-state index in [2.05, 4.69) is 23.5 Å². The van der Waals surface area contributed by atoms with E-state index in [1.54, 1.807) is 24.3 Å². The molecule has 3 aromatic rings. The molecule has 3 aromatic carbocycles. The standard InChI is InChI=1S/C25H23NO2/c27-24(17-20-13-8-12-18-9-4-5-14-21(18)20)26-23-16-7-6-15-22(23)25(28)19-10-2-1-3-11-19/h1-7,9-11,14-16,20H,8,12-13,17H2,(H,26,27). The number of hydrogen-bond donors (Lipinski definition) is 1. The fourth-order valence-corrected chi connectivity index (χ4v) is 4.03. The van der Waals surface area contributed by atoms with Gasteiger partial charge in [0.1, 0.15) is 0 Å². The zero-order valence-corrected chi connectivity index (χ0v) is 15.7. The molecule has 1 aliphatic carbocycles. The van der Waals surface area contributed by atoms with Crippen LogP contribution in [0.4, 0.5) is 5.69 Å². The summed E-state index contributed by atoms with van der Waals surface area (Å²) in [6, 6.07) is 24.8. The minimum absolute atomic E-state index is 0.0463. The van der Waals surface area contributed by atoms with Gasteiger partial charge in [0.25, 0.3) is 0 Å². The minimum Gasteiger partial charge on any atom is -0.325 e. The highest BCUT2D eigenvalue weighted by Gasteiger charge is 2.23. The highest BCUT2D eigenvalue weighted by Crippen LogP contribution is 2.34. The van der Waals surface area contributed by atoms with Crippen molar-refractivity contribution in [2.45, 2.75) is 31.6 Å². The molecule has 0 heterocycles. The van der Waals surface area contributed by atoms with E-state index in [1.165, 1.54) is 11.1 Å². The first kappa shape index (κ1) is 18.2. The van der Waals surface area contributed by atoms with Crippen molar-refractivity contribution in [2.24, 2.45) is 0 Å². The van der Waals surface area contributed by atoms with Crippen molar-refractivity contribution in [3.63, 3.8) is 0 Å². The van der Waals surface area contributed by atoms with Crippen LogP contribution < -0.4 is 5.32 Å². The number of amides is 1. The van der Waals surface area contributed by atoms with Gasteiger partial charge in [0.2, 0.25) is 5.91 Å². The first-order chi connectivity index (χ1) is 13.7. The molecule has 0 saturated heterocycles. The maximum Gasteiger partial charge on any atom is 0.225 e. The number of carbonyl (C=O) groups is 2. The molecule has 4 rings (SSSR count). The van der Waals surface area contributed by atoms with E-state index in [9.17, 15) is 9.59 Å². The van der Waals surface area contributed by atoms with E-state index in [0.29, 0.717) is 23.2 Å². The maximum atomic E-state index is 12.9. The Hall–Kier alpha value is -3.20. The number of rotatable bonds is 5. The molecule has 0 saturated carbocycles. The highest BCUT2D eigenvalue weighted by atomic mass is 16.1. The molecule has 0 bridgehead atoms. The Morgan fingerprint density at radius 2 is 1.57 bits per heavy atom. The van der Waals surface area contributed by atoms with Crippen LogP contribution in [0, 0.1) is 0 Å². The van der Waals surface area contributed by atoms with Gasteiger partial charge >= 0.3 is 0 Å². The van der Waals surface area contributed by atoms with Crippen LogP contribution in [0.3, 0.4) is 0 Å². The minimum atomic E-state index is -0.0838. The topological polar surface area (TPSA) is 46.2 Å². The van der Waals surface area contributed by atoms with E-state index < -0.39 is 0 Å². The zero-order chi connectivity index (χ0) is 19.3. The second-order valence-corrected chi connectivity index (χ2v) is 7.28. The molecular weight excluding hydrogens is 346 g/mol. The van der Waals surface area contributed by atoms with E-state index in [4.69, 9.17) is 0 Å². The van der Waals surface area contributed by atoms with E-state index in [0.717, 1.165) is 19.3 Å². The molecule has 1 atom stereocenters. The van der Waals surface area contributed by atoms with Gasteiger partial charge in [0.15, 0.2) is 5.78 Å². The van der Waals surface area contributed by atoms with E-state index in [1.807, 2.05) is 36.4 Å². The molecule has 0 aliphatic heterocycles. The monoisotopic (exact) mass is 369 g/mol. The SMILES string of the molecule is O=C(CC1CCCc2ccccc21)Nc1ccccc1C(=O)c1ccccc1. The van der Waals surface area contributed by atoms with Crippen LogP contribution in [-0.2, 0) is 11.2 Å². The van der Waals surface area contributed by atoms with Crippen LogP contribution in [0.2, 0.25) is 0 Å². The largest absolute Gasteiger partial charge is 0.325 e. The van der Waals surface area contributed by atoms with Crippen molar-refractivity contribution >= 4 is 17.4 Å². The Labute approximate surface area is 165 Å². The molecule has 28 heavy (non-hydrogen) atoms. The molecule has 140 valence electrons. The first-order valence-corrected chi connectivity index (χ1v) is 9.79. The van der Waals surface area contributed by atoms with Crippen LogP contribution >= 0.6 is 0 Å². The number of benzene rings is 3. The summed E-state index contributed by atoms with van der Waals surface area (Å²) >= 11 is 0. The molecule has 0 radical (unpaired) electrons. The lowest BCUT2D eigenvalue weighted by Crippen LogP contribution is -2.20. The lowest BCUT2D eigenvalue weighted by atomic mass is 9.81. The second-order valence-electron chi connectivity index (χ2n) is 7.28. The average Bonchev–Trinajstić information content (AvgIpc) is 2.74. The van der Waals surface area contributed by atoms with E-state index in [-0.39, 0.29) is 17.6 Å². The van der Waals surface area contributed by atoms with Crippen molar-refractivity contribution in [3.05, 3.63) is 101 Å². The van der Waals surface area contributed by atoms with Crippen molar-refractivity contribution < 1.29 is 9.59 Å². The van der Waals surface area contributed by atoms with Gasteiger partial charge in [0, 0.05) is 17.5 Å². The number of fused-ring (bicyclic) bond motifs is 1. The number of hydrogen-bond acceptors (Lipinski definition) is 2. The number of nitrogens with one attached hydrogen (secondary N) is 1. The van der Waals surface area contributed by atoms with Gasteiger partial charge in [-0.3, -0.25) is 9.59 Å². The quantitative estimate of drug-likeness (QED) is 0.615. The Morgan fingerprint density at radius 1 is 0.857 bits per heavy atom. The van der Waals surface area contributed by atoms with Crippen LogP contribution in [0.15, 0.2) is 78.9 Å². The van der Waals surface area contributed by atoms with Crippen molar-refractivity contribution in [3.8, 4) is 0 Å². The third-order valence-electron chi connectivity index (χ3n) is 5.41. The first-order valence-electron chi connectivity index (χ1n) is 9.79. The molecule has 1 amide bonds. The van der Waals surface area contributed by atoms with Crippen molar-refractivity contribution in [1.82, 2.24) is 0 Å². The third-order valence-corrected chi connectivity index (χ3v) is 5.41. The molecule has 0 aromatic heterocycles. The molecule has 0 fully saturated rings. The Kier molecular flexibility index (Phi) is 5.34. The predicted molar refractivity (Wildman–Crippen MR) is 112 cm³/mol. The number of para-hydroxylation sites is 1. The molecule has 1 N–H and O–H groups in total. The molecular formula is C25H23NO2. The zero-order valence-electron chi connectivity index (χ0n) is 15.7. The lowest BCUT2D eigenvalue weighted by Gasteiger charge is -2.25. The van der Waals surface area contributed by atoms with Crippen LogP contribution in [0.5, 0.6) is 0 Å². The summed E-state index contributed by atoms with van der Waals surface area (Å²) in [5, 5.41) is 2.98. The normalized spacial score (nSPS) is 15.5. The Bertz CT molecular complexity index is 994. The summed E-state index contributed by atoms with van der Waals surface area (Å²) in [6.45, 7) is 0. The summed E-state index contributed by atoms with van der Waals surface area (Å²) in [4.78, 5) is 25.6. The van der Waals surface area contributed by atoms with Gasteiger partial charge in [-0.05, 0) is 48.4 Å². The predicted octanol–water partition coefficient (Wildman–Crippen LogP) is 5.37. The fraction of sp³-hybridized carbons (Fsp3) is 0.200. The van der Waals surface area contributed by atoms with Gasteiger partial charge in [-0.25, -0.2) is 0 Å². The van der Waals surface area contributed by atoms with Crippen LogP contribution in [-0.4, -0.2) is 11.7 Å². The van der Waals surface area contributed by atoms with Gasteiger partial charge in [-0.1, -0.05) is 66.7 Å². The summed E-state index contributed by atoms with van der Waals surface area (Å²) in [7, 11) is 0. The molecule has 3 heteroatoms. The van der Waals surface area contributed by atoms with Gasteiger partial charge in [-0.2, -0.15) is 0 Å². The van der Waals surface area contributed by atoms with Gasteiger partial charge in [0.05, 0.1) is 5.69 Å². The second kappa shape index (κ2) is 8.22. The van der Waals surface area contributed by atoms with Crippen molar-refractivity contribution in [1.29, 1.82) is 0 Å². The Balaban J connectivity index is 1.51. The van der Waals surface area contributed by atoms with Crippen molar-refractivity contribution in [2.75, 3.05) is 5.32 Å². The number of aryl methyl sites for hydroxylation is 1. The third kappa shape index (κ3) is 3.89.